The molecule has 2 amide bonds. The van der Waals surface area contributed by atoms with Gasteiger partial charge in [0.05, 0.1) is 4.47 Å². The van der Waals surface area contributed by atoms with Gasteiger partial charge >= 0.3 is 0 Å². The summed E-state index contributed by atoms with van der Waals surface area (Å²) in [5.41, 5.74) is 3.47. The first-order chi connectivity index (χ1) is 16.1. The third-order valence-electron chi connectivity index (χ3n) is 5.79. The number of carbonyl (C=O) groups is 2. The molecule has 4 rings (SSSR count). The van der Waals surface area contributed by atoms with Gasteiger partial charge in [0, 0.05) is 17.3 Å². The number of benzene rings is 3. The molecule has 6 heteroatoms. The van der Waals surface area contributed by atoms with Crippen molar-refractivity contribution in [3.8, 4) is 16.9 Å². The molecule has 3 aromatic rings. The molecule has 33 heavy (non-hydrogen) atoms. The van der Waals surface area contributed by atoms with Crippen LogP contribution in [0.25, 0.3) is 11.1 Å². The van der Waals surface area contributed by atoms with Crippen molar-refractivity contribution in [2.24, 2.45) is 5.92 Å². The molecule has 170 valence electrons. The fourth-order valence-electron chi connectivity index (χ4n) is 4.05. The topological polar surface area (TPSA) is 67.4 Å². The van der Waals surface area contributed by atoms with E-state index in [2.05, 4.69) is 26.6 Å². The van der Waals surface area contributed by atoms with Gasteiger partial charge in [0.1, 0.15) is 5.75 Å². The maximum atomic E-state index is 12.5. The minimum absolute atomic E-state index is 0.0605. The van der Waals surface area contributed by atoms with Gasteiger partial charge in [-0.05, 0) is 70.2 Å². The number of halogens is 1. The Kier molecular flexibility index (Phi) is 7.79. The first-order valence-corrected chi connectivity index (χ1v) is 12.1. The summed E-state index contributed by atoms with van der Waals surface area (Å²) in [4.78, 5) is 24.9. The number of amides is 2. The zero-order chi connectivity index (χ0) is 23.0. The van der Waals surface area contributed by atoms with Crippen molar-refractivity contribution >= 4 is 39.1 Å². The maximum Gasteiger partial charge on any atom is 0.262 e. The summed E-state index contributed by atoms with van der Waals surface area (Å²) in [5, 5.41) is 5.81. The number of ether oxygens (including phenoxy) is 1. The van der Waals surface area contributed by atoms with Crippen molar-refractivity contribution in [2.75, 3.05) is 17.2 Å². The smallest absolute Gasteiger partial charge is 0.262 e. The Labute approximate surface area is 202 Å². The van der Waals surface area contributed by atoms with E-state index >= 15 is 0 Å². The second-order valence-corrected chi connectivity index (χ2v) is 9.11. The van der Waals surface area contributed by atoms with E-state index < -0.39 is 0 Å². The van der Waals surface area contributed by atoms with E-state index in [0.29, 0.717) is 17.1 Å². The molecule has 0 aliphatic heterocycles. The number of carbonyl (C=O) groups excluding carboxylic acids is 2. The van der Waals surface area contributed by atoms with Crippen molar-refractivity contribution in [1.29, 1.82) is 0 Å². The lowest BCUT2D eigenvalue weighted by molar-refractivity contribution is -0.120. The zero-order valence-electron chi connectivity index (χ0n) is 18.4. The standard InChI is InChI=1S/C27H27BrN2O3/c28-24-16-21(19-8-3-1-4-9-19)14-15-25(24)33-18-26(31)29-22-12-7-13-23(17-22)30-27(32)20-10-5-2-6-11-20/h1,3-4,7-9,12-17,20H,2,5-6,10-11,18H2,(H,29,31)(H,30,32). The number of hydrogen-bond donors (Lipinski definition) is 2. The van der Waals surface area contributed by atoms with Gasteiger partial charge < -0.3 is 15.4 Å². The molecule has 1 fully saturated rings. The number of hydrogen-bond acceptors (Lipinski definition) is 3. The molecule has 0 spiro atoms. The number of nitrogens with one attached hydrogen (secondary N) is 2. The van der Waals surface area contributed by atoms with Crippen molar-refractivity contribution in [3.05, 3.63) is 77.3 Å². The third-order valence-corrected chi connectivity index (χ3v) is 6.41. The van der Waals surface area contributed by atoms with E-state index in [1.165, 1.54) is 6.42 Å². The van der Waals surface area contributed by atoms with E-state index in [1.54, 1.807) is 12.1 Å². The van der Waals surface area contributed by atoms with Gasteiger partial charge in [-0.2, -0.15) is 0 Å². The molecule has 0 heterocycles. The van der Waals surface area contributed by atoms with Crippen LogP contribution < -0.4 is 15.4 Å². The van der Waals surface area contributed by atoms with Crippen molar-refractivity contribution in [2.45, 2.75) is 32.1 Å². The van der Waals surface area contributed by atoms with Crippen LogP contribution in [0.2, 0.25) is 0 Å². The SMILES string of the molecule is O=C(COc1ccc(-c2ccccc2)cc1Br)Nc1cccc(NC(=O)C2CCCCC2)c1. The molecule has 0 aromatic heterocycles. The highest BCUT2D eigenvalue weighted by Gasteiger charge is 2.21. The summed E-state index contributed by atoms with van der Waals surface area (Å²) in [6, 6.07) is 23.0. The quantitative estimate of drug-likeness (QED) is 0.376. The monoisotopic (exact) mass is 506 g/mol. The lowest BCUT2D eigenvalue weighted by Crippen LogP contribution is -2.25. The Hall–Kier alpha value is -3.12. The fraction of sp³-hybridized carbons (Fsp3) is 0.259. The number of rotatable bonds is 7. The fourth-order valence-corrected chi connectivity index (χ4v) is 4.55. The largest absolute Gasteiger partial charge is 0.483 e. The van der Waals surface area contributed by atoms with Gasteiger partial charge in [-0.15, -0.1) is 0 Å². The maximum absolute atomic E-state index is 12.5. The van der Waals surface area contributed by atoms with Gasteiger partial charge in [0.15, 0.2) is 6.61 Å². The normalized spacial score (nSPS) is 13.8. The summed E-state index contributed by atoms with van der Waals surface area (Å²) in [5.74, 6) is 0.463. The highest BCUT2D eigenvalue weighted by Crippen LogP contribution is 2.31. The first-order valence-electron chi connectivity index (χ1n) is 11.3. The molecule has 1 aliphatic rings. The van der Waals surface area contributed by atoms with Crippen molar-refractivity contribution in [3.63, 3.8) is 0 Å². The number of anilines is 2. The van der Waals surface area contributed by atoms with E-state index in [-0.39, 0.29) is 24.3 Å². The lowest BCUT2D eigenvalue weighted by atomic mass is 9.88. The highest BCUT2D eigenvalue weighted by molar-refractivity contribution is 9.10. The van der Waals surface area contributed by atoms with Crippen LogP contribution in [0.3, 0.4) is 0 Å². The lowest BCUT2D eigenvalue weighted by Gasteiger charge is -2.20. The van der Waals surface area contributed by atoms with Crippen molar-refractivity contribution < 1.29 is 14.3 Å². The first kappa shape index (κ1) is 23.1. The van der Waals surface area contributed by atoms with Crippen LogP contribution in [0, 0.1) is 5.92 Å². The van der Waals surface area contributed by atoms with E-state index in [4.69, 9.17) is 4.74 Å². The van der Waals surface area contributed by atoms with Gasteiger partial charge in [-0.3, -0.25) is 9.59 Å². The summed E-state index contributed by atoms with van der Waals surface area (Å²) < 4.78 is 6.49. The van der Waals surface area contributed by atoms with E-state index in [9.17, 15) is 9.59 Å². The second-order valence-electron chi connectivity index (χ2n) is 8.25. The van der Waals surface area contributed by atoms with Crippen molar-refractivity contribution in [1.82, 2.24) is 0 Å². The molecule has 1 aliphatic carbocycles. The molecule has 1 saturated carbocycles. The molecule has 5 nitrogen and oxygen atoms in total. The van der Waals surface area contributed by atoms with E-state index in [1.807, 2.05) is 60.7 Å². The molecule has 3 aromatic carbocycles. The van der Waals surface area contributed by atoms with Gasteiger partial charge in [-0.1, -0.05) is 61.7 Å². The molecule has 0 unspecified atom stereocenters. The minimum Gasteiger partial charge on any atom is -0.483 e. The third kappa shape index (κ3) is 6.45. The molecule has 0 atom stereocenters. The minimum atomic E-state index is -0.273. The average molecular weight is 507 g/mol. The Balaban J connectivity index is 1.31. The average Bonchev–Trinajstić information content (AvgIpc) is 2.84. The predicted molar refractivity (Wildman–Crippen MR) is 135 cm³/mol. The van der Waals surface area contributed by atoms with Crippen LogP contribution in [0.5, 0.6) is 5.75 Å². The predicted octanol–water partition coefficient (Wildman–Crippen LogP) is 6.65. The van der Waals surface area contributed by atoms with Crippen LogP contribution >= 0.6 is 15.9 Å². The summed E-state index contributed by atoms with van der Waals surface area (Å²) in [6.45, 7) is -0.123. The van der Waals surface area contributed by atoms with Gasteiger partial charge in [0.2, 0.25) is 5.91 Å². The molecule has 0 saturated heterocycles. The Morgan fingerprint density at radius 3 is 2.27 bits per heavy atom. The zero-order valence-corrected chi connectivity index (χ0v) is 19.9. The molecule has 0 radical (unpaired) electrons. The van der Waals surface area contributed by atoms with Crippen LogP contribution in [0.1, 0.15) is 32.1 Å². The van der Waals surface area contributed by atoms with Crippen LogP contribution in [-0.4, -0.2) is 18.4 Å². The van der Waals surface area contributed by atoms with Gasteiger partial charge in [0.25, 0.3) is 5.91 Å². The molecular formula is C27H27BrN2O3. The van der Waals surface area contributed by atoms with Crippen LogP contribution in [-0.2, 0) is 9.59 Å². The molecular weight excluding hydrogens is 480 g/mol. The summed E-state index contributed by atoms with van der Waals surface area (Å²) in [6.07, 6.45) is 5.32. The van der Waals surface area contributed by atoms with Gasteiger partial charge in [-0.25, -0.2) is 0 Å². The highest BCUT2D eigenvalue weighted by atomic mass is 79.9. The summed E-state index contributed by atoms with van der Waals surface area (Å²) in [7, 11) is 0. The molecule has 2 N–H and O–H groups in total. The van der Waals surface area contributed by atoms with E-state index in [0.717, 1.165) is 41.3 Å². The summed E-state index contributed by atoms with van der Waals surface area (Å²) >= 11 is 3.53. The van der Waals surface area contributed by atoms with Crippen LogP contribution in [0.4, 0.5) is 11.4 Å². The Bertz CT molecular complexity index is 1110. The Morgan fingerprint density at radius 1 is 0.818 bits per heavy atom. The Morgan fingerprint density at radius 2 is 1.55 bits per heavy atom. The van der Waals surface area contributed by atoms with Crippen LogP contribution in [0.15, 0.2) is 77.3 Å². The second kappa shape index (κ2) is 11.1. The molecule has 0 bridgehead atoms.